The molecule has 0 spiro atoms. The molecule has 2 atom stereocenters. The van der Waals surface area contributed by atoms with Crippen molar-refractivity contribution in [1.82, 2.24) is 4.90 Å². The summed E-state index contributed by atoms with van der Waals surface area (Å²) in [5.41, 5.74) is 8.26. The molecule has 0 bridgehead atoms. The van der Waals surface area contributed by atoms with Crippen LogP contribution in [0.1, 0.15) is 40.4 Å². The second kappa shape index (κ2) is 6.38. The lowest BCUT2D eigenvalue weighted by Gasteiger charge is -2.32. The molecule has 29 heavy (non-hydrogen) atoms. The zero-order valence-electron chi connectivity index (χ0n) is 16.7. The van der Waals surface area contributed by atoms with Gasteiger partial charge in [0.15, 0.2) is 0 Å². The van der Waals surface area contributed by atoms with Crippen molar-refractivity contribution in [2.24, 2.45) is 17.6 Å². The van der Waals surface area contributed by atoms with E-state index in [2.05, 4.69) is 24.0 Å². The van der Waals surface area contributed by atoms with Gasteiger partial charge >= 0.3 is 0 Å². The van der Waals surface area contributed by atoms with Gasteiger partial charge in [-0.3, -0.25) is 9.69 Å². The number of halogens is 1. The predicted molar refractivity (Wildman–Crippen MR) is 109 cm³/mol. The van der Waals surface area contributed by atoms with Crippen molar-refractivity contribution in [3.8, 4) is 0 Å². The molecular weight excluding hydrogens is 367 g/mol. The highest BCUT2D eigenvalue weighted by Crippen LogP contribution is 2.65. The Hall–Kier alpha value is -2.24. The number of nitrogens with two attached hydrogens (primary N) is 1. The fourth-order valence-electron chi connectivity index (χ4n) is 6.30. The largest absolute Gasteiger partial charge is 0.388 e. The second-order valence-electron chi connectivity index (χ2n) is 9.24. The van der Waals surface area contributed by atoms with E-state index in [9.17, 15) is 14.3 Å². The number of aliphatic hydroxyl groups is 1. The molecule has 2 unspecified atom stereocenters. The maximum atomic E-state index is 14.1. The number of rotatable bonds is 5. The van der Waals surface area contributed by atoms with Gasteiger partial charge in [0.1, 0.15) is 5.82 Å². The Bertz CT molecular complexity index is 952. The Morgan fingerprint density at radius 1 is 1.17 bits per heavy atom. The molecule has 5 rings (SSSR count). The Morgan fingerprint density at radius 2 is 1.79 bits per heavy atom. The first-order valence-electron chi connectivity index (χ1n) is 10.5. The lowest BCUT2D eigenvalue weighted by molar-refractivity contribution is 0.0139. The standard InChI is InChI=1S/C24H27FN2O2/c1-2-24(18-7-17(22(26)28)8-19(25)9-18)20-12-27(13-21(20)24)14-23(29)10-15-5-3-4-6-16(15)11-23/h3-9,20-21,29H,2,10-14H2,1H3,(H2,26,28). The van der Waals surface area contributed by atoms with E-state index in [1.54, 1.807) is 12.1 Å². The van der Waals surface area contributed by atoms with Crippen molar-refractivity contribution in [3.05, 3.63) is 70.5 Å². The summed E-state index contributed by atoms with van der Waals surface area (Å²) in [4.78, 5) is 13.9. The topological polar surface area (TPSA) is 66.6 Å². The summed E-state index contributed by atoms with van der Waals surface area (Å²) >= 11 is 0. The van der Waals surface area contributed by atoms with Crippen LogP contribution in [0.25, 0.3) is 0 Å². The van der Waals surface area contributed by atoms with Gasteiger partial charge in [-0.15, -0.1) is 0 Å². The van der Waals surface area contributed by atoms with Crippen molar-refractivity contribution in [2.45, 2.75) is 37.2 Å². The third kappa shape index (κ3) is 2.90. The lowest BCUT2D eigenvalue weighted by Crippen LogP contribution is -2.45. The summed E-state index contributed by atoms with van der Waals surface area (Å²) < 4.78 is 14.1. The zero-order chi connectivity index (χ0) is 20.4. The number of likely N-dealkylation sites (tertiary alicyclic amines) is 1. The molecular formula is C24H27FN2O2. The number of nitrogens with zero attached hydrogens (tertiary/aromatic N) is 1. The van der Waals surface area contributed by atoms with Crippen LogP contribution in [0.15, 0.2) is 42.5 Å². The summed E-state index contributed by atoms with van der Waals surface area (Å²) in [6.07, 6.45) is 2.33. The first-order chi connectivity index (χ1) is 13.8. The second-order valence-corrected chi connectivity index (χ2v) is 9.24. The molecule has 1 saturated carbocycles. The van der Waals surface area contributed by atoms with Crippen LogP contribution in [0.4, 0.5) is 4.39 Å². The molecule has 3 N–H and O–H groups in total. The summed E-state index contributed by atoms with van der Waals surface area (Å²) in [5, 5.41) is 11.2. The molecule has 1 heterocycles. The van der Waals surface area contributed by atoms with Gasteiger partial charge in [0, 0.05) is 43.5 Å². The minimum absolute atomic E-state index is 0.0793. The van der Waals surface area contributed by atoms with E-state index in [1.807, 2.05) is 12.1 Å². The molecule has 0 radical (unpaired) electrons. The molecule has 1 amide bonds. The molecule has 1 saturated heterocycles. The van der Waals surface area contributed by atoms with Gasteiger partial charge in [0.2, 0.25) is 5.91 Å². The fourth-order valence-corrected chi connectivity index (χ4v) is 6.30. The van der Waals surface area contributed by atoms with Crippen LogP contribution in [0.5, 0.6) is 0 Å². The van der Waals surface area contributed by atoms with Crippen LogP contribution < -0.4 is 5.73 Å². The van der Waals surface area contributed by atoms with Gasteiger partial charge in [-0.2, -0.15) is 0 Å². The van der Waals surface area contributed by atoms with Crippen molar-refractivity contribution in [3.63, 3.8) is 0 Å². The number of fused-ring (bicyclic) bond motifs is 2. The molecule has 0 aromatic heterocycles. The van der Waals surface area contributed by atoms with Crippen molar-refractivity contribution in [1.29, 1.82) is 0 Å². The number of piperidine rings is 1. The number of hydrogen-bond acceptors (Lipinski definition) is 3. The molecule has 2 aromatic carbocycles. The van der Waals surface area contributed by atoms with Gasteiger partial charge in [0.05, 0.1) is 5.60 Å². The van der Waals surface area contributed by atoms with Crippen LogP contribution in [0.3, 0.4) is 0 Å². The predicted octanol–water partition coefficient (Wildman–Crippen LogP) is 2.66. The third-order valence-corrected chi connectivity index (χ3v) is 7.59. The highest BCUT2D eigenvalue weighted by molar-refractivity contribution is 5.93. The highest BCUT2D eigenvalue weighted by Gasteiger charge is 2.67. The molecule has 3 aliphatic rings. The Labute approximate surface area is 170 Å². The summed E-state index contributed by atoms with van der Waals surface area (Å²) in [7, 11) is 0. The molecule has 4 nitrogen and oxygen atoms in total. The smallest absolute Gasteiger partial charge is 0.248 e. The van der Waals surface area contributed by atoms with E-state index >= 15 is 0 Å². The van der Waals surface area contributed by atoms with Crippen LogP contribution in [0.2, 0.25) is 0 Å². The zero-order valence-corrected chi connectivity index (χ0v) is 16.7. The number of hydrogen-bond donors (Lipinski definition) is 2. The molecule has 2 fully saturated rings. The van der Waals surface area contributed by atoms with E-state index in [0.29, 0.717) is 31.2 Å². The Morgan fingerprint density at radius 3 is 2.34 bits per heavy atom. The van der Waals surface area contributed by atoms with Gasteiger partial charge in [0.25, 0.3) is 0 Å². The van der Waals surface area contributed by atoms with Gasteiger partial charge in [-0.05, 0) is 53.1 Å². The third-order valence-electron chi connectivity index (χ3n) is 7.59. The number of benzene rings is 2. The molecule has 152 valence electrons. The monoisotopic (exact) mass is 394 g/mol. The lowest BCUT2D eigenvalue weighted by atomic mass is 9.86. The SMILES string of the molecule is CCC1(c2cc(F)cc(C(N)=O)c2)C2CN(CC3(O)Cc4ccccc4C3)CC21. The summed E-state index contributed by atoms with van der Waals surface area (Å²) in [6.45, 7) is 4.61. The van der Waals surface area contributed by atoms with Crippen molar-refractivity contribution in [2.75, 3.05) is 19.6 Å². The maximum Gasteiger partial charge on any atom is 0.248 e. The van der Waals surface area contributed by atoms with Gasteiger partial charge in [-0.1, -0.05) is 31.2 Å². The average Bonchev–Trinajstić information content (AvgIpc) is 2.95. The minimum Gasteiger partial charge on any atom is -0.388 e. The van der Waals surface area contributed by atoms with Gasteiger partial charge < -0.3 is 10.8 Å². The van der Waals surface area contributed by atoms with E-state index in [0.717, 1.165) is 25.1 Å². The number of β-amino-alcohol motifs (C(OH)–C–C–N with tert-alkyl or cyclic N) is 1. The number of carbonyl (C=O) groups excluding carboxylic acids is 1. The summed E-state index contributed by atoms with van der Waals surface area (Å²) in [6, 6.07) is 12.8. The van der Waals surface area contributed by atoms with E-state index in [4.69, 9.17) is 5.73 Å². The van der Waals surface area contributed by atoms with E-state index < -0.39 is 17.3 Å². The van der Waals surface area contributed by atoms with E-state index in [-0.39, 0.29) is 11.0 Å². The number of primary amides is 1. The van der Waals surface area contributed by atoms with Crippen molar-refractivity contribution < 1.29 is 14.3 Å². The van der Waals surface area contributed by atoms with Crippen LogP contribution in [-0.2, 0) is 18.3 Å². The highest BCUT2D eigenvalue weighted by atomic mass is 19.1. The Balaban J connectivity index is 1.31. The maximum absolute atomic E-state index is 14.1. The molecule has 2 aliphatic carbocycles. The summed E-state index contributed by atoms with van der Waals surface area (Å²) in [5.74, 6) is -0.124. The van der Waals surface area contributed by atoms with Crippen LogP contribution in [-0.4, -0.2) is 41.1 Å². The Kier molecular flexibility index (Phi) is 4.13. The molecule has 2 aromatic rings. The van der Waals surface area contributed by atoms with Gasteiger partial charge in [-0.25, -0.2) is 4.39 Å². The van der Waals surface area contributed by atoms with Crippen LogP contribution in [0, 0.1) is 17.7 Å². The molecule has 1 aliphatic heterocycles. The van der Waals surface area contributed by atoms with Crippen LogP contribution >= 0.6 is 0 Å². The fraction of sp³-hybridized carbons (Fsp3) is 0.458. The minimum atomic E-state index is -0.701. The number of carbonyl (C=O) groups is 1. The quantitative estimate of drug-likeness (QED) is 0.819. The first kappa shape index (κ1) is 18.8. The molecule has 5 heteroatoms. The number of amides is 1. The van der Waals surface area contributed by atoms with Crippen molar-refractivity contribution >= 4 is 5.91 Å². The van der Waals surface area contributed by atoms with E-state index in [1.165, 1.54) is 17.2 Å². The normalized spacial score (nSPS) is 29.5. The first-order valence-corrected chi connectivity index (χ1v) is 10.5. The average molecular weight is 394 g/mol.